The number of halogens is 1. The molecule has 0 fully saturated rings. The van der Waals surface area contributed by atoms with Gasteiger partial charge in [-0.2, -0.15) is 0 Å². The Morgan fingerprint density at radius 3 is 2.52 bits per heavy atom. The Labute approximate surface area is 149 Å². The average Bonchev–Trinajstić information content (AvgIpc) is 2.50. The zero-order valence-electron chi connectivity index (χ0n) is 13.0. The average molecular weight is 423 g/mol. The molecule has 4 nitrogen and oxygen atoms in total. The van der Waals surface area contributed by atoms with Crippen LogP contribution in [0.15, 0.2) is 34.2 Å². The first-order valence-corrected chi connectivity index (χ1v) is 8.17. The summed E-state index contributed by atoms with van der Waals surface area (Å²) in [4.78, 5) is 5.49. The summed E-state index contributed by atoms with van der Waals surface area (Å²) in [6, 6.07) is 8.56. The summed E-state index contributed by atoms with van der Waals surface area (Å²) in [7, 11) is 1.79. The first-order valence-electron chi connectivity index (χ1n) is 6.95. The second-order valence-corrected chi connectivity index (χ2v) is 5.13. The molecule has 0 saturated heterocycles. The van der Waals surface area contributed by atoms with Gasteiger partial charge in [-0.3, -0.25) is 4.99 Å². The normalized spacial score (nSPS) is 10.9. The molecule has 0 unspecified atom stereocenters. The molecular formula is C15H26IN3OS. The Balaban J connectivity index is 0.00000400. The fourth-order valence-corrected chi connectivity index (χ4v) is 2.08. The van der Waals surface area contributed by atoms with Gasteiger partial charge in [-0.15, -0.1) is 35.7 Å². The van der Waals surface area contributed by atoms with Gasteiger partial charge < -0.3 is 15.4 Å². The summed E-state index contributed by atoms with van der Waals surface area (Å²) >= 11 is 1.76. The van der Waals surface area contributed by atoms with Crippen molar-refractivity contribution in [1.29, 1.82) is 0 Å². The number of hydrogen-bond donors (Lipinski definition) is 2. The Morgan fingerprint density at radius 1 is 1.24 bits per heavy atom. The van der Waals surface area contributed by atoms with Gasteiger partial charge in [0, 0.05) is 38.2 Å². The van der Waals surface area contributed by atoms with Gasteiger partial charge in [0.1, 0.15) is 0 Å². The lowest BCUT2D eigenvalue weighted by atomic mass is 10.2. The van der Waals surface area contributed by atoms with Gasteiger partial charge in [0.05, 0.1) is 0 Å². The highest BCUT2D eigenvalue weighted by Gasteiger charge is 1.98. The van der Waals surface area contributed by atoms with Crippen molar-refractivity contribution in [3.05, 3.63) is 29.8 Å². The third kappa shape index (κ3) is 9.21. The molecule has 0 heterocycles. The minimum Gasteiger partial charge on any atom is -0.382 e. The number of nitrogens with one attached hydrogen (secondary N) is 2. The van der Waals surface area contributed by atoms with E-state index in [0.717, 1.165) is 38.7 Å². The fourth-order valence-electron chi connectivity index (χ4n) is 1.68. The summed E-state index contributed by atoms with van der Waals surface area (Å²) in [6.07, 6.45) is 3.07. The van der Waals surface area contributed by atoms with E-state index >= 15 is 0 Å². The van der Waals surface area contributed by atoms with E-state index in [2.05, 4.69) is 46.1 Å². The van der Waals surface area contributed by atoms with Crippen LogP contribution in [0.25, 0.3) is 0 Å². The van der Waals surface area contributed by atoms with E-state index in [1.165, 1.54) is 10.5 Å². The summed E-state index contributed by atoms with van der Waals surface area (Å²) in [5, 5.41) is 6.58. The summed E-state index contributed by atoms with van der Waals surface area (Å²) in [6.45, 7) is 5.22. The highest BCUT2D eigenvalue weighted by atomic mass is 127. The standard InChI is InChI=1S/C15H25N3OS.HI/c1-4-19-11-5-10-17-15(16-2)18-12-13-6-8-14(20-3)9-7-13;/h6-9H,4-5,10-12H2,1-3H3,(H2,16,17,18);1H. The zero-order chi connectivity index (χ0) is 14.6. The number of aliphatic imine (C=N–C) groups is 1. The monoisotopic (exact) mass is 423 g/mol. The molecule has 1 aromatic carbocycles. The molecular weight excluding hydrogens is 397 g/mol. The molecule has 0 aromatic heterocycles. The van der Waals surface area contributed by atoms with Gasteiger partial charge in [-0.25, -0.2) is 0 Å². The zero-order valence-corrected chi connectivity index (χ0v) is 16.2. The second-order valence-electron chi connectivity index (χ2n) is 4.25. The Bertz CT molecular complexity index is 398. The van der Waals surface area contributed by atoms with Crippen LogP contribution in [0.2, 0.25) is 0 Å². The number of nitrogens with zero attached hydrogens (tertiary/aromatic N) is 1. The molecule has 0 radical (unpaired) electrons. The van der Waals surface area contributed by atoms with Crippen LogP contribution in [-0.4, -0.2) is 39.0 Å². The Kier molecular flexibility index (Phi) is 12.9. The Hall–Kier alpha value is -0.470. The minimum atomic E-state index is 0. The predicted molar refractivity (Wildman–Crippen MR) is 103 cm³/mol. The molecule has 0 saturated carbocycles. The van der Waals surface area contributed by atoms with Crippen LogP contribution in [0.1, 0.15) is 18.9 Å². The molecule has 0 bridgehead atoms. The molecule has 1 aromatic rings. The van der Waals surface area contributed by atoms with Gasteiger partial charge in [-0.1, -0.05) is 12.1 Å². The summed E-state index contributed by atoms with van der Waals surface area (Å²) < 4.78 is 5.30. The van der Waals surface area contributed by atoms with Crippen LogP contribution in [-0.2, 0) is 11.3 Å². The van der Waals surface area contributed by atoms with Crippen molar-refractivity contribution in [3.8, 4) is 0 Å². The number of ether oxygens (including phenoxy) is 1. The largest absolute Gasteiger partial charge is 0.382 e. The Morgan fingerprint density at radius 2 is 1.95 bits per heavy atom. The maximum atomic E-state index is 5.30. The van der Waals surface area contributed by atoms with E-state index in [4.69, 9.17) is 4.74 Å². The van der Waals surface area contributed by atoms with Crippen molar-refractivity contribution in [2.45, 2.75) is 24.8 Å². The molecule has 21 heavy (non-hydrogen) atoms. The van der Waals surface area contributed by atoms with E-state index in [0.29, 0.717) is 0 Å². The van der Waals surface area contributed by atoms with Gasteiger partial charge in [-0.05, 0) is 37.3 Å². The van der Waals surface area contributed by atoms with Crippen molar-refractivity contribution in [2.75, 3.05) is 33.1 Å². The van der Waals surface area contributed by atoms with E-state index in [1.54, 1.807) is 18.8 Å². The summed E-state index contributed by atoms with van der Waals surface area (Å²) in [5.41, 5.74) is 1.25. The van der Waals surface area contributed by atoms with Gasteiger partial charge in [0.2, 0.25) is 0 Å². The maximum absolute atomic E-state index is 5.30. The predicted octanol–water partition coefficient (Wildman–Crippen LogP) is 3.12. The summed E-state index contributed by atoms with van der Waals surface area (Å²) in [5.74, 6) is 0.829. The highest BCUT2D eigenvalue weighted by Crippen LogP contribution is 2.14. The highest BCUT2D eigenvalue weighted by molar-refractivity contribution is 14.0. The maximum Gasteiger partial charge on any atom is 0.191 e. The molecule has 0 atom stereocenters. The van der Waals surface area contributed by atoms with Crippen molar-refractivity contribution in [3.63, 3.8) is 0 Å². The molecule has 6 heteroatoms. The van der Waals surface area contributed by atoms with Gasteiger partial charge >= 0.3 is 0 Å². The van der Waals surface area contributed by atoms with Crippen LogP contribution in [0.4, 0.5) is 0 Å². The fraction of sp³-hybridized carbons (Fsp3) is 0.533. The molecule has 120 valence electrons. The topological polar surface area (TPSA) is 45.6 Å². The van der Waals surface area contributed by atoms with Gasteiger partial charge in [0.15, 0.2) is 5.96 Å². The quantitative estimate of drug-likeness (QED) is 0.222. The van der Waals surface area contributed by atoms with Crippen LogP contribution in [0.5, 0.6) is 0 Å². The number of benzene rings is 1. The van der Waals surface area contributed by atoms with Crippen molar-refractivity contribution >= 4 is 41.7 Å². The number of hydrogen-bond acceptors (Lipinski definition) is 3. The minimum absolute atomic E-state index is 0. The van der Waals surface area contributed by atoms with Crippen LogP contribution >= 0.6 is 35.7 Å². The SMILES string of the molecule is CCOCCCNC(=NC)NCc1ccc(SC)cc1.I. The molecule has 2 N–H and O–H groups in total. The van der Waals surface area contributed by atoms with Crippen molar-refractivity contribution in [2.24, 2.45) is 4.99 Å². The van der Waals surface area contributed by atoms with E-state index in [9.17, 15) is 0 Å². The van der Waals surface area contributed by atoms with Crippen LogP contribution < -0.4 is 10.6 Å². The number of thioether (sulfide) groups is 1. The first kappa shape index (κ1) is 20.5. The number of rotatable bonds is 8. The molecule has 0 amide bonds. The number of guanidine groups is 1. The lowest BCUT2D eigenvalue weighted by Crippen LogP contribution is -2.37. The smallest absolute Gasteiger partial charge is 0.191 e. The molecule has 1 rings (SSSR count). The third-order valence-electron chi connectivity index (χ3n) is 2.80. The molecule has 0 spiro atoms. The second kappa shape index (κ2) is 13.2. The van der Waals surface area contributed by atoms with Crippen molar-refractivity contribution < 1.29 is 4.74 Å². The molecule has 0 aliphatic carbocycles. The van der Waals surface area contributed by atoms with E-state index in [-0.39, 0.29) is 24.0 Å². The van der Waals surface area contributed by atoms with E-state index in [1.807, 2.05) is 6.92 Å². The van der Waals surface area contributed by atoms with Crippen molar-refractivity contribution in [1.82, 2.24) is 10.6 Å². The van der Waals surface area contributed by atoms with Gasteiger partial charge in [0.25, 0.3) is 0 Å². The van der Waals surface area contributed by atoms with Crippen LogP contribution in [0.3, 0.4) is 0 Å². The first-order chi connectivity index (χ1) is 9.80. The lowest BCUT2D eigenvalue weighted by Gasteiger charge is -2.12. The molecule has 0 aliphatic rings. The molecule has 0 aliphatic heterocycles. The third-order valence-corrected chi connectivity index (χ3v) is 3.55. The lowest BCUT2D eigenvalue weighted by molar-refractivity contribution is 0.145. The van der Waals surface area contributed by atoms with E-state index < -0.39 is 0 Å². The van der Waals surface area contributed by atoms with Crippen LogP contribution in [0, 0.1) is 0 Å².